The highest BCUT2D eigenvalue weighted by Crippen LogP contribution is 2.57. The molecule has 1 N–H and O–H groups in total. The summed E-state index contributed by atoms with van der Waals surface area (Å²) >= 11 is 0. The highest BCUT2D eigenvalue weighted by atomic mass is 16.6. The quantitative estimate of drug-likeness (QED) is 0.449. The van der Waals surface area contributed by atoms with E-state index in [2.05, 4.69) is 5.32 Å². The van der Waals surface area contributed by atoms with Gasteiger partial charge in [0.05, 0.1) is 10.9 Å². The van der Waals surface area contributed by atoms with Crippen LogP contribution in [0, 0.1) is 22.0 Å². The van der Waals surface area contributed by atoms with Crippen LogP contribution in [0.25, 0.3) is 0 Å². The van der Waals surface area contributed by atoms with Crippen LogP contribution in [0.5, 0.6) is 0 Å². The number of aliphatic carboxylic acids is 2. The topological polar surface area (TPSA) is 139 Å². The first-order chi connectivity index (χ1) is 17.0. The second-order valence-electron chi connectivity index (χ2n) is 10.1. The van der Waals surface area contributed by atoms with Crippen molar-refractivity contribution in [3.05, 3.63) is 87.1 Å². The van der Waals surface area contributed by atoms with E-state index >= 15 is 0 Å². The van der Waals surface area contributed by atoms with Crippen molar-refractivity contribution in [1.29, 1.82) is 0 Å². The number of hydrogen-bond acceptors (Lipinski definition) is 8. The number of allylic oxidation sites excluding steroid dienone is 1. The van der Waals surface area contributed by atoms with Crippen molar-refractivity contribution in [2.45, 2.75) is 44.7 Å². The van der Waals surface area contributed by atoms with Gasteiger partial charge in [0.1, 0.15) is 0 Å². The predicted octanol–water partition coefficient (Wildman–Crippen LogP) is 1.13. The molecule has 1 saturated heterocycles. The third-order valence-electron chi connectivity index (χ3n) is 7.90. The molecule has 1 fully saturated rings. The van der Waals surface area contributed by atoms with Crippen LogP contribution < -0.4 is 15.5 Å². The number of carbonyl (C=O) groups is 2. The summed E-state index contributed by atoms with van der Waals surface area (Å²) in [4.78, 5) is 38.9. The number of nitrogens with zero attached hydrogens (tertiary/aromatic N) is 2. The first-order valence-electron chi connectivity index (χ1n) is 11.9. The SMILES string of the molecule is CC1=C(C(=O)[O-])[C@@](c2cccc([N+](=O)[O-])c2)(C2CCNC2)[C@H](C(=O)[O-])C(C)(C)N1Cc1ccccc1. The molecule has 2 aliphatic heterocycles. The molecule has 190 valence electrons. The molecule has 2 aromatic rings. The molecule has 0 spiro atoms. The molecule has 0 aliphatic carbocycles. The molecule has 0 amide bonds. The van der Waals surface area contributed by atoms with E-state index in [0.717, 1.165) is 5.56 Å². The van der Waals surface area contributed by atoms with Crippen LogP contribution in [0.1, 0.15) is 38.3 Å². The van der Waals surface area contributed by atoms with Crippen molar-refractivity contribution in [3.8, 4) is 0 Å². The lowest BCUT2D eigenvalue weighted by molar-refractivity contribution is -0.385. The standard InChI is InChI=1S/C27H31N3O6/c1-17-22(24(31)32)27(20-12-13-28-15-20,19-10-7-11-21(14-19)30(35)36)23(25(33)34)26(2,3)29(17)16-18-8-5-4-6-9-18/h4-11,14,20,23,28H,12-13,15-16H2,1-3H3,(H,31,32)(H,33,34)/p-2/t20?,23-,27-/m1/s1. The molecule has 0 aromatic heterocycles. The van der Waals surface area contributed by atoms with Gasteiger partial charge in [-0.2, -0.15) is 0 Å². The van der Waals surface area contributed by atoms with E-state index in [1.54, 1.807) is 31.7 Å². The van der Waals surface area contributed by atoms with Crippen molar-refractivity contribution >= 4 is 17.6 Å². The molecule has 9 nitrogen and oxygen atoms in total. The molecular weight excluding hydrogens is 462 g/mol. The fraction of sp³-hybridized carbons (Fsp3) is 0.407. The molecule has 3 atom stereocenters. The second-order valence-corrected chi connectivity index (χ2v) is 10.1. The maximum Gasteiger partial charge on any atom is 0.269 e. The van der Waals surface area contributed by atoms with E-state index in [4.69, 9.17) is 0 Å². The van der Waals surface area contributed by atoms with Gasteiger partial charge in [-0.05, 0) is 57.3 Å². The number of carboxylic acids is 2. The summed E-state index contributed by atoms with van der Waals surface area (Å²) in [5.41, 5.74) is -1.62. The Bertz CT molecular complexity index is 1220. The van der Waals surface area contributed by atoms with Gasteiger partial charge < -0.3 is 30.0 Å². The van der Waals surface area contributed by atoms with Gasteiger partial charge in [-0.25, -0.2) is 0 Å². The fourth-order valence-corrected chi connectivity index (χ4v) is 6.51. The third kappa shape index (κ3) is 3.93. The Labute approximate surface area is 209 Å². The minimum atomic E-state index is -1.62. The first kappa shape index (κ1) is 25.4. The lowest BCUT2D eigenvalue weighted by atomic mass is 9.51. The molecule has 0 saturated carbocycles. The van der Waals surface area contributed by atoms with Crippen LogP contribution in [0.4, 0.5) is 5.69 Å². The van der Waals surface area contributed by atoms with E-state index in [9.17, 15) is 29.9 Å². The summed E-state index contributed by atoms with van der Waals surface area (Å²) in [6.45, 7) is 6.38. The number of benzene rings is 2. The highest BCUT2D eigenvalue weighted by Gasteiger charge is 2.61. The number of carbonyl (C=O) groups excluding carboxylic acids is 2. The zero-order valence-electron chi connectivity index (χ0n) is 20.5. The van der Waals surface area contributed by atoms with Crippen LogP contribution in [0.3, 0.4) is 0 Å². The number of carboxylic acid groups (broad SMARTS) is 2. The van der Waals surface area contributed by atoms with Crippen LogP contribution in [-0.4, -0.2) is 40.4 Å². The van der Waals surface area contributed by atoms with E-state index in [0.29, 0.717) is 25.2 Å². The Balaban J connectivity index is 2.09. The molecule has 2 aliphatic rings. The molecule has 2 heterocycles. The van der Waals surface area contributed by atoms with E-state index in [1.165, 1.54) is 18.2 Å². The first-order valence-corrected chi connectivity index (χ1v) is 11.9. The van der Waals surface area contributed by atoms with Crippen LogP contribution in [0.2, 0.25) is 0 Å². The summed E-state index contributed by atoms with van der Waals surface area (Å²) in [6, 6.07) is 15.0. The van der Waals surface area contributed by atoms with Gasteiger partial charge in [0.25, 0.3) is 5.69 Å². The van der Waals surface area contributed by atoms with Crippen LogP contribution in [-0.2, 0) is 21.5 Å². The summed E-state index contributed by atoms with van der Waals surface area (Å²) in [5.74, 6) is -4.73. The van der Waals surface area contributed by atoms with Crippen molar-refractivity contribution in [1.82, 2.24) is 10.2 Å². The summed E-state index contributed by atoms with van der Waals surface area (Å²) in [5, 5.41) is 40.9. The lowest BCUT2D eigenvalue weighted by Crippen LogP contribution is -2.69. The van der Waals surface area contributed by atoms with Crippen molar-refractivity contribution < 1.29 is 24.7 Å². The van der Waals surface area contributed by atoms with Crippen LogP contribution >= 0.6 is 0 Å². The van der Waals surface area contributed by atoms with Gasteiger partial charge in [-0.3, -0.25) is 10.1 Å². The minimum absolute atomic E-state index is 0.166. The van der Waals surface area contributed by atoms with E-state index in [1.807, 2.05) is 30.3 Å². The zero-order valence-corrected chi connectivity index (χ0v) is 20.5. The number of rotatable bonds is 7. The summed E-state index contributed by atoms with van der Waals surface area (Å²) in [7, 11) is 0. The fourth-order valence-electron chi connectivity index (χ4n) is 6.51. The Morgan fingerprint density at radius 2 is 1.81 bits per heavy atom. The van der Waals surface area contributed by atoms with Crippen molar-refractivity contribution in [2.24, 2.45) is 11.8 Å². The minimum Gasteiger partial charge on any atom is -0.550 e. The van der Waals surface area contributed by atoms with Gasteiger partial charge in [0.15, 0.2) is 0 Å². The maximum absolute atomic E-state index is 13.1. The molecule has 0 radical (unpaired) electrons. The Hall–Kier alpha value is -3.72. The van der Waals surface area contributed by atoms with Gasteiger partial charge in [-0.15, -0.1) is 0 Å². The van der Waals surface area contributed by atoms with Crippen molar-refractivity contribution in [2.75, 3.05) is 13.1 Å². The summed E-state index contributed by atoms with van der Waals surface area (Å²) in [6.07, 6.45) is 0.491. The number of nitrogens with one attached hydrogen (secondary N) is 1. The van der Waals surface area contributed by atoms with E-state index in [-0.39, 0.29) is 23.4 Å². The molecule has 0 bridgehead atoms. The largest absolute Gasteiger partial charge is 0.550 e. The maximum atomic E-state index is 13.1. The molecule has 2 aromatic carbocycles. The normalized spacial score (nSPS) is 25.6. The zero-order chi connectivity index (χ0) is 26.3. The van der Waals surface area contributed by atoms with E-state index < -0.39 is 39.7 Å². The van der Waals surface area contributed by atoms with Gasteiger partial charge >= 0.3 is 0 Å². The van der Waals surface area contributed by atoms with Gasteiger partial charge in [0.2, 0.25) is 0 Å². The Kier molecular flexibility index (Phi) is 6.62. The number of nitro groups is 1. The lowest BCUT2D eigenvalue weighted by Gasteiger charge is -2.61. The number of non-ortho nitro benzene ring substituents is 1. The summed E-state index contributed by atoms with van der Waals surface area (Å²) < 4.78 is 0. The third-order valence-corrected chi connectivity index (χ3v) is 7.90. The Morgan fingerprint density at radius 3 is 2.36 bits per heavy atom. The molecule has 9 heteroatoms. The predicted molar refractivity (Wildman–Crippen MR) is 128 cm³/mol. The molecule has 1 unspecified atom stereocenters. The monoisotopic (exact) mass is 491 g/mol. The smallest absolute Gasteiger partial charge is 0.269 e. The highest BCUT2D eigenvalue weighted by molar-refractivity contribution is 5.92. The van der Waals surface area contributed by atoms with Crippen LogP contribution in [0.15, 0.2) is 65.9 Å². The van der Waals surface area contributed by atoms with Crippen molar-refractivity contribution in [3.63, 3.8) is 0 Å². The Morgan fingerprint density at radius 1 is 1.11 bits per heavy atom. The number of nitro benzene ring substituents is 1. The number of hydrogen-bond donors (Lipinski definition) is 1. The molecule has 4 rings (SSSR count). The average Bonchev–Trinajstić information content (AvgIpc) is 3.36. The average molecular weight is 492 g/mol. The van der Waals surface area contributed by atoms with Gasteiger partial charge in [0, 0.05) is 52.8 Å². The molecular formula is C27H29N3O6-2. The second kappa shape index (κ2) is 9.39. The molecule has 36 heavy (non-hydrogen) atoms. The van der Waals surface area contributed by atoms with Gasteiger partial charge in [-0.1, -0.05) is 42.5 Å².